The maximum absolute atomic E-state index is 11.7. The summed E-state index contributed by atoms with van der Waals surface area (Å²) in [5, 5.41) is -0.242. The van der Waals surface area contributed by atoms with Crippen LogP contribution in [0.15, 0.2) is 0 Å². The highest BCUT2D eigenvalue weighted by molar-refractivity contribution is 7.90. The van der Waals surface area contributed by atoms with Crippen molar-refractivity contribution < 1.29 is 42.1 Å². The second-order valence-electron chi connectivity index (χ2n) is 20.1. The first kappa shape index (κ1) is 62.5. The van der Waals surface area contributed by atoms with Gasteiger partial charge >= 0.3 is 0 Å². The maximum atomic E-state index is 11.7. The molecule has 0 amide bonds. The van der Waals surface area contributed by atoms with Gasteiger partial charge in [0.05, 0.1) is 16.3 Å². The van der Waals surface area contributed by atoms with E-state index in [1.54, 1.807) is 4.31 Å². The van der Waals surface area contributed by atoms with Crippen molar-refractivity contribution in [3.8, 4) is 0 Å². The van der Waals surface area contributed by atoms with Crippen molar-refractivity contribution in [2.75, 3.05) is 31.9 Å². The number of sulfonamides is 3. The van der Waals surface area contributed by atoms with Crippen molar-refractivity contribution in [1.82, 2.24) is 32.2 Å². The monoisotopic (exact) mass is 1030 g/mol. The summed E-state index contributed by atoms with van der Waals surface area (Å²) in [6.07, 6.45) is 18.6. The minimum atomic E-state index is -3.22. The molecule has 3 aliphatic carbocycles. The summed E-state index contributed by atoms with van der Waals surface area (Å²) in [4.78, 5) is 0. The molecule has 3 saturated carbocycles. The lowest BCUT2D eigenvalue weighted by molar-refractivity contribution is 0.284. The average molecular weight is 1030 g/mol. The van der Waals surface area contributed by atoms with Crippen LogP contribution in [-0.4, -0.2) is 123 Å². The van der Waals surface area contributed by atoms with Gasteiger partial charge in [0.2, 0.25) is 30.1 Å². The standard InChI is InChI=1S/C10H21NO2S.C9H20N2O2S.C9H19NO2S.C8H18N2O2S.C7H15NO2S/c1-9(2)11-14(12,13)8-10-6-4-3-5-7-10;1-8(2)10-14(12,13)11-6-4-9(3)5-7-11;1-8(2)10-13(11,12)9-6-4-3-5-7-9;1-8(2)9-13(11,12)10-6-4-3-5-7-10;1-6(2)8-11(9,10)7-4-3-5-7/h9-11H,3-8H2,1-2H3;8-10H,4-7H2,1-3H3;8-10H,3-7H2,1-2H3;8-9H,3-7H2,1-2H3;6-8H,3-5H2,1-2H3. The van der Waals surface area contributed by atoms with Crippen molar-refractivity contribution in [2.45, 2.75) is 232 Å². The molecule has 5 aliphatic rings. The van der Waals surface area contributed by atoms with Crippen LogP contribution in [0.4, 0.5) is 0 Å². The number of piperidine rings is 2. The van der Waals surface area contributed by atoms with Crippen LogP contribution < -0.4 is 23.6 Å². The highest BCUT2D eigenvalue weighted by Crippen LogP contribution is 2.26. The second kappa shape index (κ2) is 30.3. The van der Waals surface area contributed by atoms with Crippen LogP contribution in [0.3, 0.4) is 0 Å². The Balaban J connectivity index is 0.000000407. The molecule has 22 heteroatoms. The van der Waals surface area contributed by atoms with Gasteiger partial charge < -0.3 is 0 Å². The maximum Gasteiger partial charge on any atom is 0.279 e. The van der Waals surface area contributed by atoms with Crippen molar-refractivity contribution in [1.29, 1.82) is 0 Å². The van der Waals surface area contributed by atoms with E-state index in [0.29, 0.717) is 43.8 Å². The fourth-order valence-corrected chi connectivity index (χ4v) is 16.3. The zero-order chi connectivity index (χ0) is 49.6. The summed E-state index contributed by atoms with van der Waals surface area (Å²) >= 11 is 0. The van der Waals surface area contributed by atoms with Crippen molar-refractivity contribution in [3.05, 3.63) is 0 Å². The Morgan fingerprint density at radius 2 is 0.708 bits per heavy atom. The Kier molecular flexibility index (Phi) is 29.1. The van der Waals surface area contributed by atoms with Crippen molar-refractivity contribution in [3.63, 3.8) is 0 Å². The lowest BCUT2D eigenvalue weighted by Crippen LogP contribution is -2.46. The topological polar surface area (TPSA) is 237 Å². The first-order valence-corrected chi connectivity index (χ1v) is 32.2. The predicted octanol–water partition coefficient (Wildman–Crippen LogP) is 6.08. The van der Waals surface area contributed by atoms with E-state index in [2.05, 4.69) is 30.5 Å². The molecular formula is C43H93N7O10S5. The molecule has 0 aromatic carbocycles. The SMILES string of the molecule is CC(C)NS(=O)(=O)C1CCC1.CC(C)NS(=O)(=O)C1CCCCC1.CC(C)NS(=O)(=O)CC1CCCCC1.CC(C)NS(=O)(=O)N1CCCCC1.CC1CCN(S(=O)(=O)NC(C)C)CC1. The van der Waals surface area contributed by atoms with Crippen LogP contribution in [0.1, 0.15) is 192 Å². The van der Waals surface area contributed by atoms with Gasteiger partial charge in [-0.1, -0.05) is 58.3 Å². The van der Waals surface area contributed by atoms with E-state index in [4.69, 9.17) is 0 Å². The van der Waals surface area contributed by atoms with Crippen LogP contribution in [0.2, 0.25) is 0 Å². The molecule has 0 atom stereocenters. The van der Waals surface area contributed by atoms with Crippen molar-refractivity contribution in [2.24, 2.45) is 11.8 Å². The van der Waals surface area contributed by atoms with E-state index < -0.39 is 50.5 Å². The molecule has 390 valence electrons. The Bertz CT molecular complexity index is 1800. The Hall–Kier alpha value is -0.530. The molecular weight excluding hydrogens is 935 g/mol. The molecule has 2 heterocycles. The van der Waals surface area contributed by atoms with E-state index in [0.717, 1.165) is 89.9 Å². The molecule has 5 fully saturated rings. The third-order valence-corrected chi connectivity index (χ3v) is 21.1. The molecule has 65 heavy (non-hydrogen) atoms. The molecule has 0 aromatic rings. The Labute approximate surface area is 398 Å². The average Bonchev–Trinajstić information content (AvgIpc) is 3.14. The molecule has 2 saturated heterocycles. The Morgan fingerprint density at radius 3 is 1.05 bits per heavy atom. The molecule has 0 aromatic heterocycles. The number of hydrogen-bond donors (Lipinski definition) is 5. The first-order chi connectivity index (χ1) is 30.0. The molecule has 0 bridgehead atoms. The van der Waals surface area contributed by atoms with Gasteiger partial charge in [0, 0.05) is 56.4 Å². The molecule has 0 radical (unpaired) electrons. The highest BCUT2D eigenvalue weighted by Gasteiger charge is 2.32. The van der Waals surface area contributed by atoms with Gasteiger partial charge in [-0.15, -0.1) is 0 Å². The zero-order valence-electron chi connectivity index (χ0n) is 42.0. The molecule has 0 unspecified atom stereocenters. The van der Waals surface area contributed by atoms with Gasteiger partial charge in [0.1, 0.15) is 0 Å². The summed E-state index contributed by atoms with van der Waals surface area (Å²) in [5.41, 5.74) is 0. The fraction of sp³-hybridized carbons (Fsp3) is 1.00. The quantitative estimate of drug-likeness (QED) is 0.119. The molecule has 0 spiro atoms. The lowest BCUT2D eigenvalue weighted by atomic mass is 9.91. The summed E-state index contributed by atoms with van der Waals surface area (Å²) in [6, 6.07) is 0.0161. The van der Waals surface area contributed by atoms with Gasteiger partial charge in [-0.05, 0) is 145 Å². The fourth-order valence-electron chi connectivity index (χ4n) is 8.05. The summed E-state index contributed by atoms with van der Waals surface area (Å²) in [6.45, 7) is 23.3. The molecule has 5 N–H and O–H groups in total. The third-order valence-electron chi connectivity index (χ3n) is 11.4. The van der Waals surface area contributed by atoms with Crippen LogP contribution in [0.5, 0.6) is 0 Å². The van der Waals surface area contributed by atoms with Crippen molar-refractivity contribution >= 4 is 50.5 Å². The smallest absolute Gasteiger partial charge is 0.213 e. The first-order valence-electron chi connectivity index (χ1n) is 24.5. The number of nitrogens with one attached hydrogen (secondary N) is 5. The molecule has 17 nitrogen and oxygen atoms in total. The van der Waals surface area contributed by atoms with E-state index in [9.17, 15) is 42.1 Å². The highest BCUT2D eigenvalue weighted by atomic mass is 32.2. The minimum absolute atomic E-state index is 0.0172. The largest absolute Gasteiger partial charge is 0.279 e. The number of nitrogens with zero attached hydrogens (tertiary/aromatic N) is 2. The van der Waals surface area contributed by atoms with Gasteiger partial charge in [0.25, 0.3) is 20.4 Å². The number of rotatable bonds is 16. The normalized spacial score (nSPS) is 20.8. The van der Waals surface area contributed by atoms with Gasteiger partial charge in [-0.3, -0.25) is 0 Å². The van der Waals surface area contributed by atoms with Gasteiger partial charge in [-0.25, -0.2) is 39.4 Å². The summed E-state index contributed by atoms with van der Waals surface area (Å²) in [7, 11) is -15.5. The van der Waals surface area contributed by atoms with E-state index >= 15 is 0 Å². The van der Waals surface area contributed by atoms with Crippen LogP contribution in [0.25, 0.3) is 0 Å². The van der Waals surface area contributed by atoms with E-state index in [1.165, 1.54) is 30.0 Å². The third kappa shape index (κ3) is 27.5. The Morgan fingerprint density at radius 1 is 0.385 bits per heavy atom. The summed E-state index contributed by atoms with van der Waals surface area (Å²) < 4.78 is 132. The molecule has 5 rings (SSSR count). The minimum Gasteiger partial charge on any atom is -0.213 e. The van der Waals surface area contributed by atoms with Crippen LogP contribution in [0, 0.1) is 11.8 Å². The zero-order valence-corrected chi connectivity index (χ0v) is 46.1. The second-order valence-corrected chi connectivity index (χ2v) is 29.3. The molecule has 2 aliphatic heterocycles. The van der Waals surface area contributed by atoms with E-state index in [1.807, 2.05) is 69.2 Å². The predicted molar refractivity (Wildman–Crippen MR) is 267 cm³/mol. The van der Waals surface area contributed by atoms with Crippen LogP contribution >= 0.6 is 0 Å². The summed E-state index contributed by atoms with van der Waals surface area (Å²) in [5.74, 6) is 1.37. The number of hydrogen-bond acceptors (Lipinski definition) is 10. The lowest BCUT2D eigenvalue weighted by Gasteiger charge is -2.30. The van der Waals surface area contributed by atoms with Gasteiger partial charge in [-0.2, -0.15) is 34.9 Å². The van der Waals surface area contributed by atoms with Gasteiger partial charge in [0.15, 0.2) is 0 Å². The van der Waals surface area contributed by atoms with E-state index in [-0.39, 0.29) is 40.7 Å². The van der Waals surface area contributed by atoms with Crippen LogP contribution in [-0.2, 0) is 50.5 Å².